The van der Waals surface area contributed by atoms with Crippen molar-refractivity contribution < 1.29 is 32.0 Å². The van der Waals surface area contributed by atoms with Gasteiger partial charge in [0.2, 0.25) is 0 Å². The van der Waals surface area contributed by atoms with Crippen LogP contribution in [0.25, 0.3) is 0 Å². The van der Waals surface area contributed by atoms with Crippen LogP contribution in [0.3, 0.4) is 0 Å². The Kier molecular flexibility index (Phi) is 6.89. The molecule has 11 heteroatoms. The number of nitrogens with zero attached hydrogens (tertiary/aromatic N) is 1. The molecule has 0 aromatic carbocycles. The van der Waals surface area contributed by atoms with Crippen LogP contribution in [0.1, 0.15) is 57.9 Å². The molecule has 1 N–H and O–H groups in total. The fraction of sp³-hybridized carbons (Fsp3) is 0.500. The second kappa shape index (κ2) is 9.68. The predicted molar refractivity (Wildman–Crippen MR) is 122 cm³/mol. The molecule has 1 atom stereocenters. The summed E-state index contributed by atoms with van der Waals surface area (Å²) in [6.45, 7) is 1.27. The fourth-order valence-corrected chi connectivity index (χ4v) is 7.15. The van der Waals surface area contributed by atoms with Crippen molar-refractivity contribution in [2.75, 3.05) is 23.4 Å². The number of amides is 2. The summed E-state index contributed by atoms with van der Waals surface area (Å²) < 4.78 is 34.3. The number of nitrogens with one attached hydrogen (secondary N) is 1. The first-order valence-corrected chi connectivity index (χ1v) is 13.5. The third kappa shape index (κ3) is 5.47. The van der Waals surface area contributed by atoms with E-state index < -0.39 is 28.3 Å². The van der Waals surface area contributed by atoms with Crippen molar-refractivity contribution in [3.8, 4) is 0 Å². The van der Waals surface area contributed by atoms with Gasteiger partial charge >= 0.3 is 5.97 Å². The number of furan rings is 1. The van der Waals surface area contributed by atoms with Crippen LogP contribution in [0, 0.1) is 6.92 Å². The molecule has 2 amide bonds. The molecule has 9 nitrogen and oxygen atoms in total. The number of sulfone groups is 1. The van der Waals surface area contributed by atoms with Crippen molar-refractivity contribution in [3.63, 3.8) is 0 Å². The normalized spacial score (nSPS) is 20.0. The van der Waals surface area contributed by atoms with Gasteiger partial charge in [0, 0.05) is 12.1 Å². The van der Waals surface area contributed by atoms with Crippen LogP contribution in [0.2, 0.25) is 0 Å². The monoisotopic (exact) mass is 494 g/mol. The molecule has 3 heterocycles. The van der Waals surface area contributed by atoms with Crippen LogP contribution in [0.5, 0.6) is 0 Å². The third-order valence-corrected chi connectivity index (χ3v) is 8.90. The van der Waals surface area contributed by atoms with Crippen LogP contribution in [-0.4, -0.2) is 61.3 Å². The molecule has 33 heavy (non-hydrogen) atoms. The summed E-state index contributed by atoms with van der Waals surface area (Å²) in [5.74, 6) is -1.26. The van der Waals surface area contributed by atoms with Crippen LogP contribution in [0.15, 0.2) is 28.9 Å². The van der Waals surface area contributed by atoms with Gasteiger partial charge in [0.1, 0.15) is 4.88 Å². The molecule has 1 aliphatic carbocycles. The van der Waals surface area contributed by atoms with Crippen molar-refractivity contribution in [2.24, 2.45) is 0 Å². The molecule has 1 saturated carbocycles. The number of carbonyl (C=O) groups excluding carboxylic acids is 3. The first-order valence-electron chi connectivity index (χ1n) is 10.9. The first kappa shape index (κ1) is 23.5. The van der Waals surface area contributed by atoms with Crippen LogP contribution < -0.4 is 5.32 Å². The zero-order chi connectivity index (χ0) is 23.6. The molecule has 2 fully saturated rings. The lowest BCUT2D eigenvalue weighted by Gasteiger charge is -2.33. The average molecular weight is 495 g/mol. The zero-order valence-corrected chi connectivity index (χ0v) is 19.9. The van der Waals surface area contributed by atoms with Gasteiger partial charge in [-0.15, -0.1) is 11.3 Å². The Bertz CT molecular complexity index is 1130. The molecule has 0 bridgehead atoms. The van der Waals surface area contributed by atoms with Gasteiger partial charge in [-0.05, 0) is 49.9 Å². The largest absolute Gasteiger partial charge is 0.459 e. The predicted octanol–water partition coefficient (Wildman–Crippen LogP) is 3.02. The smallest absolute Gasteiger partial charge is 0.349 e. The fourth-order valence-electron chi connectivity index (χ4n) is 4.48. The molecule has 0 spiro atoms. The molecule has 2 aromatic heterocycles. The molecule has 1 saturated heterocycles. The molecule has 4 rings (SSSR count). The molecule has 2 aromatic rings. The number of hydrogen-bond donors (Lipinski definition) is 1. The maximum absolute atomic E-state index is 13.0. The van der Waals surface area contributed by atoms with Gasteiger partial charge in [-0.3, -0.25) is 9.59 Å². The molecule has 0 radical (unpaired) electrons. The SMILES string of the molecule is Cc1cc(NC(=O)c2ccco2)sc1C(=O)OCC(=O)N(C1CCCC1)C1CCS(=O)(=O)C1. The van der Waals surface area contributed by atoms with Crippen molar-refractivity contribution in [1.29, 1.82) is 0 Å². The second-order valence-electron chi connectivity index (χ2n) is 8.43. The Morgan fingerprint density at radius 2 is 1.97 bits per heavy atom. The Morgan fingerprint density at radius 3 is 2.61 bits per heavy atom. The zero-order valence-electron chi connectivity index (χ0n) is 18.2. The van der Waals surface area contributed by atoms with E-state index in [0.717, 1.165) is 37.0 Å². The first-order chi connectivity index (χ1) is 15.7. The van der Waals surface area contributed by atoms with Gasteiger partial charge in [-0.2, -0.15) is 0 Å². The van der Waals surface area contributed by atoms with E-state index in [0.29, 0.717) is 17.0 Å². The minimum absolute atomic E-state index is 0.0126. The lowest BCUT2D eigenvalue weighted by atomic mass is 10.1. The average Bonchev–Trinajstić information content (AvgIpc) is 3.55. The number of carbonyl (C=O) groups is 3. The summed E-state index contributed by atoms with van der Waals surface area (Å²) in [7, 11) is -3.15. The highest BCUT2D eigenvalue weighted by Crippen LogP contribution is 2.30. The number of ether oxygens (including phenoxy) is 1. The number of esters is 1. The van der Waals surface area contributed by atoms with Crippen molar-refractivity contribution in [3.05, 3.63) is 40.7 Å². The van der Waals surface area contributed by atoms with E-state index in [1.807, 2.05) is 0 Å². The van der Waals surface area contributed by atoms with E-state index in [2.05, 4.69) is 5.32 Å². The standard InChI is InChI=1S/C22H26N2O7S2/c1-14-11-18(23-21(26)17-7-4-9-30-17)32-20(14)22(27)31-12-19(25)24(15-5-2-3-6-15)16-8-10-33(28,29)13-16/h4,7,9,11,15-16H,2-3,5-6,8,10,12-13H2,1H3,(H,23,26). The van der Waals surface area contributed by atoms with Crippen molar-refractivity contribution in [2.45, 2.75) is 51.1 Å². The van der Waals surface area contributed by atoms with Crippen LogP contribution in [-0.2, 0) is 19.4 Å². The molecule has 1 unspecified atom stereocenters. The maximum atomic E-state index is 13.0. The minimum atomic E-state index is -3.15. The summed E-state index contributed by atoms with van der Waals surface area (Å²) in [5, 5.41) is 3.13. The van der Waals surface area contributed by atoms with Gasteiger partial charge < -0.3 is 19.4 Å². The van der Waals surface area contributed by atoms with E-state index in [-0.39, 0.29) is 40.1 Å². The van der Waals surface area contributed by atoms with E-state index in [9.17, 15) is 22.8 Å². The second-order valence-corrected chi connectivity index (χ2v) is 11.7. The summed E-state index contributed by atoms with van der Waals surface area (Å²) in [6, 6.07) is 4.41. The van der Waals surface area contributed by atoms with Gasteiger partial charge in [0.25, 0.3) is 11.8 Å². The summed E-state index contributed by atoms with van der Waals surface area (Å²) in [4.78, 5) is 39.8. The number of hydrogen-bond acceptors (Lipinski definition) is 8. The Morgan fingerprint density at radius 1 is 1.21 bits per heavy atom. The maximum Gasteiger partial charge on any atom is 0.349 e. The molecule has 1 aliphatic heterocycles. The number of aryl methyl sites for hydroxylation is 1. The summed E-state index contributed by atoms with van der Waals surface area (Å²) in [5.41, 5.74) is 0.613. The van der Waals surface area contributed by atoms with E-state index >= 15 is 0 Å². The van der Waals surface area contributed by atoms with Crippen LogP contribution >= 0.6 is 11.3 Å². The van der Waals surface area contributed by atoms with Gasteiger partial charge in [0.05, 0.1) is 22.8 Å². The number of thiophene rings is 1. The highest BCUT2D eigenvalue weighted by molar-refractivity contribution is 7.91. The van der Waals surface area contributed by atoms with Gasteiger partial charge in [0.15, 0.2) is 22.2 Å². The van der Waals surface area contributed by atoms with E-state index in [4.69, 9.17) is 9.15 Å². The van der Waals surface area contributed by atoms with Crippen molar-refractivity contribution in [1.82, 2.24) is 4.90 Å². The van der Waals surface area contributed by atoms with Crippen molar-refractivity contribution >= 4 is 44.0 Å². The molecular weight excluding hydrogens is 468 g/mol. The van der Waals surface area contributed by atoms with E-state index in [1.54, 1.807) is 24.0 Å². The highest BCUT2D eigenvalue weighted by Gasteiger charge is 2.39. The van der Waals surface area contributed by atoms with Gasteiger partial charge in [-0.1, -0.05) is 12.8 Å². The topological polar surface area (TPSA) is 123 Å². The Labute approximate surface area is 196 Å². The molecular formula is C22H26N2O7S2. The van der Waals surface area contributed by atoms with Gasteiger partial charge in [-0.25, -0.2) is 13.2 Å². The quantitative estimate of drug-likeness (QED) is 0.587. The highest BCUT2D eigenvalue weighted by atomic mass is 32.2. The van der Waals surface area contributed by atoms with E-state index in [1.165, 1.54) is 12.3 Å². The third-order valence-electron chi connectivity index (χ3n) is 6.02. The number of rotatable bonds is 7. The Hall–Kier alpha value is -2.66. The Balaban J connectivity index is 1.39. The number of anilines is 1. The lowest BCUT2D eigenvalue weighted by Crippen LogP contribution is -2.48. The summed E-state index contributed by atoms with van der Waals surface area (Å²) >= 11 is 1.05. The molecule has 178 valence electrons. The minimum Gasteiger partial charge on any atom is -0.459 e. The summed E-state index contributed by atoms with van der Waals surface area (Å²) in [6.07, 6.45) is 5.46. The molecule has 2 aliphatic rings. The lowest BCUT2D eigenvalue weighted by molar-refractivity contribution is -0.139. The van der Waals surface area contributed by atoms with Crippen LogP contribution in [0.4, 0.5) is 5.00 Å².